The van der Waals surface area contributed by atoms with E-state index in [1.807, 2.05) is 24.3 Å². The molecule has 33 heavy (non-hydrogen) atoms. The van der Waals surface area contributed by atoms with Gasteiger partial charge in [-0.05, 0) is 25.0 Å². The van der Waals surface area contributed by atoms with Crippen LogP contribution in [0, 0.1) is 11.6 Å². The maximum atomic E-state index is 15.9. The van der Waals surface area contributed by atoms with Crippen molar-refractivity contribution in [2.75, 3.05) is 25.1 Å². The average Bonchev–Trinajstić information content (AvgIpc) is 3.56. The van der Waals surface area contributed by atoms with Crippen molar-refractivity contribution in [3.05, 3.63) is 69.5 Å². The van der Waals surface area contributed by atoms with Crippen molar-refractivity contribution in [3.63, 3.8) is 0 Å². The molecule has 2 aliphatic rings. The molecule has 0 spiro atoms. The Morgan fingerprint density at radius 2 is 1.94 bits per heavy atom. The van der Waals surface area contributed by atoms with Crippen molar-refractivity contribution < 1.29 is 23.4 Å². The maximum Gasteiger partial charge on any atom is 0.341 e. The zero-order valence-electron chi connectivity index (χ0n) is 17.9. The van der Waals surface area contributed by atoms with Gasteiger partial charge in [0.15, 0.2) is 5.82 Å². The number of hydrogen-bond acceptors (Lipinski definition) is 5. The summed E-state index contributed by atoms with van der Waals surface area (Å²) in [6.45, 7) is 0.477. The Hall–Kier alpha value is -3.46. The molecule has 1 aliphatic carbocycles. The molecule has 9 heteroatoms. The number of carbonyl (C=O) groups is 1. The van der Waals surface area contributed by atoms with Crippen LogP contribution < -0.4 is 20.8 Å². The fourth-order valence-electron chi connectivity index (χ4n) is 4.83. The van der Waals surface area contributed by atoms with Crippen LogP contribution in [0.25, 0.3) is 10.9 Å². The average molecular weight is 455 g/mol. The van der Waals surface area contributed by atoms with Crippen LogP contribution in [-0.2, 0) is 0 Å². The van der Waals surface area contributed by atoms with E-state index in [1.54, 1.807) is 12.0 Å². The fourth-order valence-corrected chi connectivity index (χ4v) is 4.83. The van der Waals surface area contributed by atoms with Crippen LogP contribution in [0.5, 0.6) is 5.75 Å². The SMILES string of the molecule is COc1ccccc1[C@H]1CN(c2c(F)cc3c(=O)c(C(=O)O)cn(C4CC4)c3c2F)C[C@@H]1N. The van der Waals surface area contributed by atoms with E-state index < -0.39 is 34.6 Å². The topological polar surface area (TPSA) is 97.8 Å². The molecule has 7 nitrogen and oxygen atoms in total. The van der Waals surface area contributed by atoms with Crippen LogP contribution in [-0.4, -0.2) is 41.9 Å². The zero-order chi connectivity index (χ0) is 23.4. The van der Waals surface area contributed by atoms with Crippen molar-refractivity contribution in [3.8, 4) is 5.75 Å². The molecule has 1 aromatic heterocycles. The van der Waals surface area contributed by atoms with Gasteiger partial charge < -0.3 is 25.0 Å². The molecule has 0 unspecified atom stereocenters. The van der Waals surface area contributed by atoms with Gasteiger partial charge in [-0.25, -0.2) is 13.6 Å². The van der Waals surface area contributed by atoms with Crippen molar-refractivity contribution >= 4 is 22.6 Å². The molecule has 5 rings (SSSR count). The number of pyridine rings is 1. The van der Waals surface area contributed by atoms with Crippen LogP contribution in [0.2, 0.25) is 0 Å². The van der Waals surface area contributed by atoms with Crippen LogP contribution >= 0.6 is 0 Å². The van der Waals surface area contributed by atoms with Gasteiger partial charge in [0.25, 0.3) is 0 Å². The number of ether oxygens (including phenoxy) is 1. The van der Waals surface area contributed by atoms with Gasteiger partial charge in [-0.2, -0.15) is 0 Å². The number of benzene rings is 2. The number of nitrogens with two attached hydrogens (primary N) is 1. The third kappa shape index (κ3) is 3.43. The third-order valence-electron chi connectivity index (χ3n) is 6.57. The Balaban J connectivity index is 1.64. The van der Waals surface area contributed by atoms with Gasteiger partial charge in [0, 0.05) is 42.9 Å². The first-order valence-electron chi connectivity index (χ1n) is 10.7. The molecule has 0 amide bonds. The fraction of sp³-hybridized carbons (Fsp3) is 0.333. The first-order chi connectivity index (χ1) is 15.8. The first kappa shape index (κ1) is 21.4. The number of para-hydroxylation sites is 1. The van der Waals surface area contributed by atoms with E-state index in [1.165, 1.54) is 10.8 Å². The van der Waals surface area contributed by atoms with E-state index in [-0.39, 0.29) is 41.6 Å². The Bertz CT molecular complexity index is 1340. The number of anilines is 1. The number of aromatic nitrogens is 1. The highest BCUT2D eigenvalue weighted by Crippen LogP contribution is 2.41. The highest BCUT2D eigenvalue weighted by Gasteiger charge is 2.37. The number of carboxylic acid groups (broad SMARTS) is 1. The molecule has 3 N–H and O–H groups in total. The van der Waals surface area contributed by atoms with Gasteiger partial charge in [0.2, 0.25) is 5.43 Å². The minimum atomic E-state index is -1.42. The minimum absolute atomic E-state index is 0.0711. The highest BCUT2D eigenvalue weighted by molar-refractivity contribution is 5.94. The van der Waals surface area contributed by atoms with E-state index in [0.29, 0.717) is 5.75 Å². The molecular formula is C24H23F2N3O4. The van der Waals surface area contributed by atoms with Crippen molar-refractivity contribution in [1.29, 1.82) is 0 Å². The number of hydrogen-bond donors (Lipinski definition) is 2. The molecule has 3 aromatic rings. The molecule has 1 aliphatic heterocycles. The van der Waals surface area contributed by atoms with E-state index in [4.69, 9.17) is 10.5 Å². The third-order valence-corrected chi connectivity index (χ3v) is 6.57. The minimum Gasteiger partial charge on any atom is -0.496 e. The smallest absolute Gasteiger partial charge is 0.341 e. The zero-order valence-corrected chi connectivity index (χ0v) is 17.9. The van der Waals surface area contributed by atoms with Gasteiger partial charge in [-0.1, -0.05) is 18.2 Å². The largest absolute Gasteiger partial charge is 0.496 e. The van der Waals surface area contributed by atoms with E-state index in [0.717, 1.165) is 24.5 Å². The van der Waals surface area contributed by atoms with Crippen LogP contribution in [0.15, 0.2) is 41.3 Å². The van der Waals surface area contributed by atoms with E-state index in [9.17, 15) is 14.7 Å². The summed E-state index contributed by atoms with van der Waals surface area (Å²) in [5, 5.41) is 9.12. The molecule has 1 saturated heterocycles. The quantitative estimate of drug-likeness (QED) is 0.613. The van der Waals surface area contributed by atoms with E-state index >= 15 is 8.78 Å². The molecule has 2 heterocycles. The van der Waals surface area contributed by atoms with Crippen LogP contribution in [0.3, 0.4) is 0 Å². The molecule has 2 fully saturated rings. The summed E-state index contributed by atoms with van der Waals surface area (Å²) in [6, 6.07) is 7.83. The van der Waals surface area contributed by atoms with Crippen LogP contribution in [0.4, 0.5) is 14.5 Å². The Morgan fingerprint density at radius 3 is 2.61 bits per heavy atom. The lowest BCUT2D eigenvalue weighted by molar-refractivity contribution is 0.0694. The van der Waals surface area contributed by atoms with Crippen molar-refractivity contribution in [2.24, 2.45) is 5.73 Å². The van der Waals surface area contributed by atoms with E-state index in [2.05, 4.69) is 0 Å². The summed E-state index contributed by atoms with van der Waals surface area (Å²) in [5.41, 5.74) is 5.51. The summed E-state index contributed by atoms with van der Waals surface area (Å²) >= 11 is 0. The van der Waals surface area contributed by atoms with Gasteiger partial charge in [-0.3, -0.25) is 4.79 Å². The Morgan fingerprint density at radius 1 is 1.21 bits per heavy atom. The standard InChI is InChI=1S/C24H23F2N3O4/c1-33-19-5-3-2-4-13(19)15-9-28(11-18(15)27)22-17(25)8-14-21(20(22)26)29(12-6-7-12)10-16(23(14)30)24(31)32/h2-5,8,10,12,15,18H,6-7,9,11,27H2,1H3,(H,31,32)/t15-,18+/m1/s1. The molecule has 1 saturated carbocycles. The molecule has 2 aromatic carbocycles. The Kier molecular flexibility index (Phi) is 5.08. The number of nitrogens with zero attached hydrogens (tertiary/aromatic N) is 2. The van der Waals surface area contributed by atoms with Gasteiger partial charge >= 0.3 is 5.97 Å². The van der Waals surface area contributed by atoms with Gasteiger partial charge in [0.05, 0.1) is 18.0 Å². The first-order valence-corrected chi connectivity index (χ1v) is 10.7. The number of aromatic carboxylic acids is 1. The second-order valence-corrected chi connectivity index (χ2v) is 8.65. The molecular weight excluding hydrogens is 432 g/mol. The lowest BCUT2D eigenvalue weighted by Gasteiger charge is -2.22. The summed E-state index contributed by atoms with van der Waals surface area (Å²) in [5.74, 6) is -2.78. The summed E-state index contributed by atoms with van der Waals surface area (Å²) < 4.78 is 38.0. The summed E-state index contributed by atoms with van der Waals surface area (Å²) in [7, 11) is 1.56. The number of methoxy groups -OCH3 is 1. The Labute approximate surface area is 188 Å². The molecule has 0 bridgehead atoms. The van der Waals surface area contributed by atoms with Gasteiger partial charge in [-0.15, -0.1) is 0 Å². The second-order valence-electron chi connectivity index (χ2n) is 8.65. The van der Waals surface area contributed by atoms with Crippen LogP contribution in [0.1, 0.15) is 40.7 Å². The maximum absolute atomic E-state index is 15.9. The van der Waals surface area contributed by atoms with Crippen molar-refractivity contribution in [2.45, 2.75) is 30.8 Å². The predicted molar refractivity (Wildman–Crippen MR) is 119 cm³/mol. The lowest BCUT2D eigenvalue weighted by atomic mass is 9.94. The number of fused-ring (bicyclic) bond motifs is 1. The monoisotopic (exact) mass is 455 g/mol. The molecule has 2 atom stereocenters. The lowest BCUT2D eigenvalue weighted by Crippen LogP contribution is -2.29. The molecule has 172 valence electrons. The molecule has 0 radical (unpaired) electrons. The predicted octanol–water partition coefficient (Wildman–Crippen LogP) is 3.25. The second kappa shape index (κ2) is 7.84. The number of rotatable bonds is 5. The van der Waals surface area contributed by atoms with Crippen molar-refractivity contribution in [1.82, 2.24) is 4.57 Å². The number of carboxylic acids is 1. The normalized spacial score (nSPS) is 20.4. The highest BCUT2D eigenvalue weighted by atomic mass is 19.1. The summed E-state index contributed by atoms with van der Waals surface area (Å²) in [4.78, 5) is 25.8. The summed E-state index contributed by atoms with van der Waals surface area (Å²) in [6.07, 6.45) is 2.63. The van der Waals surface area contributed by atoms with Gasteiger partial charge in [0.1, 0.15) is 22.8 Å². The number of halogens is 2.